The van der Waals surface area contributed by atoms with Crippen molar-refractivity contribution in [2.75, 3.05) is 7.11 Å². The summed E-state index contributed by atoms with van der Waals surface area (Å²) < 4.78 is 18.0. The Morgan fingerprint density at radius 3 is 3.12 bits per heavy atom. The lowest BCUT2D eigenvalue weighted by Crippen LogP contribution is -2.04. The van der Waals surface area contributed by atoms with E-state index in [1.165, 1.54) is 36.8 Å². The topological polar surface area (TPSA) is 52.1 Å². The van der Waals surface area contributed by atoms with Crippen LogP contribution in [0.3, 0.4) is 0 Å². The molecule has 0 aliphatic carbocycles. The molecule has 6 heteroatoms. The number of methoxy groups -OCH3 is 1. The lowest BCUT2D eigenvalue weighted by Gasteiger charge is -1.96. The first kappa shape index (κ1) is 11.7. The number of pyridine rings is 1. The van der Waals surface area contributed by atoms with Crippen molar-refractivity contribution < 1.29 is 13.9 Å². The zero-order chi connectivity index (χ0) is 12.3. The van der Waals surface area contributed by atoms with E-state index < -0.39 is 5.82 Å². The standard InChI is InChI=1S/C11H9FN2O2S/c1-16-9(15)5-7-6-17-11(14-7)10-8(12)3-2-4-13-10/h2-4,6H,5H2,1H3. The van der Waals surface area contributed by atoms with E-state index in [9.17, 15) is 9.18 Å². The fraction of sp³-hybridized carbons (Fsp3) is 0.182. The summed E-state index contributed by atoms with van der Waals surface area (Å²) >= 11 is 1.25. The van der Waals surface area contributed by atoms with Crippen molar-refractivity contribution >= 4 is 17.3 Å². The summed E-state index contributed by atoms with van der Waals surface area (Å²) in [7, 11) is 1.31. The first-order valence-corrected chi connectivity index (χ1v) is 5.71. The second kappa shape index (κ2) is 5.01. The Kier molecular flexibility index (Phi) is 3.43. The number of ether oxygens (including phenoxy) is 1. The molecule has 2 aromatic rings. The van der Waals surface area contributed by atoms with Crippen molar-refractivity contribution in [1.29, 1.82) is 0 Å². The van der Waals surface area contributed by atoms with Crippen LogP contribution >= 0.6 is 11.3 Å². The maximum absolute atomic E-state index is 13.4. The zero-order valence-corrected chi connectivity index (χ0v) is 9.83. The van der Waals surface area contributed by atoms with Crippen LogP contribution in [0.2, 0.25) is 0 Å². The Morgan fingerprint density at radius 2 is 2.41 bits per heavy atom. The van der Waals surface area contributed by atoms with E-state index in [0.29, 0.717) is 10.7 Å². The molecule has 0 atom stereocenters. The number of aromatic nitrogens is 2. The highest BCUT2D eigenvalue weighted by Gasteiger charge is 2.12. The Bertz CT molecular complexity index is 542. The smallest absolute Gasteiger partial charge is 0.311 e. The summed E-state index contributed by atoms with van der Waals surface area (Å²) in [5, 5.41) is 2.16. The van der Waals surface area contributed by atoms with Crippen LogP contribution in [-0.4, -0.2) is 23.0 Å². The molecule has 0 radical (unpaired) electrons. The van der Waals surface area contributed by atoms with E-state index in [1.54, 1.807) is 5.38 Å². The van der Waals surface area contributed by atoms with Crippen LogP contribution in [0.5, 0.6) is 0 Å². The molecule has 0 aromatic carbocycles. The predicted molar refractivity (Wildman–Crippen MR) is 61.0 cm³/mol. The summed E-state index contributed by atoms with van der Waals surface area (Å²) in [6, 6.07) is 2.84. The van der Waals surface area contributed by atoms with Crippen molar-refractivity contribution in [2.45, 2.75) is 6.42 Å². The second-order valence-electron chi connectivity index (χ2n) is 3.23. The first-order valence-electron chi connectivity index (χ1n) is 4.83. The summed E-state index contributed by atoms with van der Waals surface area (Å²) in [5.41, 5.74) is 0.760. The highest BCUT2D eigenvalue weighted by Crippen LogP contribution is 2.24. The van der Waals surface area contributed by atoms with Crippen molar-refractivity contribution in [1.82, 2.24) is 9.97 Å². The van der Waals surface area contributed by atoms with Gasteiger partial charge in [0.25, 0.3) is 0 Å². The molecule has 0 unspecified atom stereocenters. The van der Waals surface area contributed by atoms with Gasteiger partial charge in [0, 0.05) is 11.6 Å². The maximum Gasteiger partial charge on any atom is 0.311 e. The summed E-state index contributed by atoms with van der Waals surface area (Å²) in [4.78, 5) is 19.1. The number of carbonyl (C=O) groups excluding carboxylic acids is 1. The normalized spacial score (nSPS) is 10.2. The third kappa shape index (κ3) is 2.65. The molecule has 0 saturated carbocycles. The molecular formula is C11H9FN2O2S. The highest BCUT2D eigenvalue weighted by molar-refractivity contribution is 7.13. The molecule has 2 heterocycles. The van der Waals surface area contributed by atoms with Crippen LogP contribution in [0, 0.1) is 5.82 Å². The minimum Gasteiger partial charge on any atom is -0.469 e. The molecule has 88 valence electrons. The SMILES string of the molecule is COC(=O)Cc1csc(-c2ncccc2F)n1. The Labute approximate surface area is 101 Å². The van der Waals surface area contributed by atoms with Crippen LogP contribution in [0.25, 0.3) is 10.7 Å². The first-order chi connectivity index (χ1) is 8.20. The molecule has 0 aliphatic heterocycles. The number of hydrogen-bond acceptors (Lipinski definition) is 5. The largest absolute Gasteiger partial charge is 0.469 e. The molecule has 0 saturated heterocycles. The van der Waals surface area contributed by atoms with Gasteiger partial charge in [-0.05, 0) is 12.1 Å². The molecular weight excluding hydrogens is 243 g/mol. The van der Waals surface area contributed by atoms with Crippen LogP contribution in [0.4, 0.5) is 4.39 Å². The van der Waals surface area contributed by atoms with Gasteiger partial charge in [-0.1, -0.05) is 0 Å². The number of nitrogens with zero attached hydrogens (tertiary/aromatic N) is 2. The lowest BCUT2D eigenvalue weighted by molar-refractivity contribution is -0.139. The Morgan fingerprint density at radius 1 is 1.59 bits per heavy atom. The van der Waals surface area contributed by atoms with Crippen LogP contribution in [0.1, 0.15) is 5.69 Å². The van der Waals surface area contributed by atoms with E-state index >= 15 is 0 Å². The van der Waals surface area contributed by atoms with E-state index in [2.05, 4.69) is 14.7 Å². The van der Waals surface area contributed by atoms with Gasteiger partial charge >= 0.3 is 5.97 Å². The molecule has 0 N–H and O–H groups in total. The van der Waals surface area contributed by atoms with Crippen LogP contribution < -0.4 is 0 Å². The quantitative estimate of drug-likeness (QED) is 0.785. The van der Waals surface area contributed by atoms with Crippen molar-refractivity contribution in [3.63, 3.8) is 0 Å². The molecule has 0 spiro atoms. The number of rotatable bonds is 3. The third-order valence-corrected chi connectivity index (χ3v) is 2.96. The monoisotopic (exact) mass is 252 g/mol. The number of halogens is 1. The second-order valence-corrected chi connectivity index (χ2v) is 4.09. The minimum absolute atomic E-state index is 0.0848. The van der Waals surface area contributed by atoms with E-state index in [-0.39, 0.29) is 18.1 Å². The fourth-order valence-electron chi connectivity index (χ4n) is 1.26. The van der Waals surface area contributed by atoms with Gasteiger partial charge in [-0.25, -0.2) is 9.37 Å². The average molecular weight is 252 g/mol. The van der Waals surface area contributed by atoms with Gasteiger partial charge in [0.15, 0.2) is 5.82 Å². The van der Waals surface area contributed by atoms with Gasteiger partial charge in [-0.2, -0.15) is 0 Å². The van der Waals surface area contributed by atoms with Gasteiger partial charge in [-0.15, -0.1) is 11.3 Å². The number of thiazole rings is 1. The number of esters is 1. The highest BCUT2D eigenvalue weighted by atomic mass is 32.1. The predicted octanol–water partition coefficient (Wildman–Crippen LogP) is 2.06. The molecule has 0 aliphatic rings. The third-order valence-electron chi connectivity index (χ3n) is 2.07. The van der Waals surface area contributed by atoms with Gasteiger partial charge < -0.3 is 4.74 Å². The summed E-state index contributed by atoms with van der Waals surface area (Å²) in [6.07, 6.45) is 1.58. The molecule has 0 fully saturated rings. The molecule has 2 rings (SSSR count). The molecule has 0 amide bonds. The number of hydrogen-bond donors (Lipinski definition) is 0. The van der Waals surface area contributed by atoms with E-state index in [4.69, 9.17) is 0 Å². The van der Waals surface area contributed by atoms with Gasteiger partial charge in [0.1, 0.15) is 10.7 Å². The average Bonchev–Trinajstić information content (AvgIpc) is 2.78. The summed E-state index contributed by atoms with van der Waals surface area (Å²) in [6.45, 7) is 0. The molecule has 17 heavy (non-hydrogen) atoms. The van der Waals surface area contributed by atoms with E-state index in [0.717, 1.165) is 0 Å². The van der Waals surface area contributed by atoms with Gasteiger partial charge in [-0.3, -0.25) is 9.78 Å². The molecule has 0 bridgehead atoms. The number of carbonyl (C=O) groups is 1. The van der Waals surface area contributed by atoms with E-state index in [1.807, 2.05) is 0 Å². The lowest BCUT2D eigenvalue weighted by atomic mass is 10.3. The van der Waals surface area contributed by atoms with Crippen molar-refractivity contribution in [3.8, 4) is 10.7 Å². The molecule has 2 aromatic heterocycles. The van der Waals surface area contributed by atoms with Crippen LogP contribution in [-0.2, 0) is 16.0 Å². The van der Waals surface area contributed by atoms with Gasteiger partial charge in [0.05, 0.1) is 19.2 Å². The van der Waals surface area contributed by atoms with Crippen LogP contribution in [0.15, 0.2) is 23.7 Å². The minimum atomic E-state index is -0.425. The van der Waals surface area contributed by atoms with Gasteiger partial charge in [0.2, 0.25) is 0 Å². The summed E-state index contributed by atoms with van der Waals surface area (Å²) in [5.74, 6) is -0.796. The Hall–Kier alpha value is -1.82. The maximum atomic E-state index is 13.4. The molecule has 4 nitrogen and oxygen atoms in total. The fourth-order valence-corrected chi connectivity index (χ4v) is 2.08. The van der Waals surface area contributed by atoms with Crippen molar-refractivity contribution in [2.24, 2.45) is 0 Å². The zero-order valence-electron chi connectivity index (χ0n) is 9.01. The Balaban J connectivity index is 2.24. The van der Waals surface area contributed by atoms with Crippen molar-refractivity contribution in [3.05, 3.63) is 35.2 Å².